The lowest BCUT2D eigenvalue weighted by molar-refractivity contribution is -0.162. The molecule has 0 atom stereocenters. The lowest BCUT2D eigenvalue weighted by atomic mass is 10.3. The molecule has 0 saturated heterocycles. The van der Waals surface area contributed by atoms with Crippen molar-refractivity contribution < 1.29 is 18.0 Å². The van der Waals surface area contributed by atoms with Gasteiger partial charge in [0.15, 0.2) is 0 Å². The summed E-state index contributed by atoms with van der Waals surface area (Å²) in [6.07, 6.45) is -0.479. The maximum atomic E-state index is 12.3. The van der Waals surface area contributed by atoms with Crippen LogP contribution in [-0.2, 0) is 4.79 Å². The molecule has 2 rings (SSSR count). The first-order chi connectivity index (χ1) is 7.96. The van der Waals surface area contributed by atoms with Gasteiger partial charge >= 0.3 is 6.18 Å². The zero-order valence-electron chi connectivity index (χ0n) is 9.59. The Hall–Kier alpha value is -0.780. The first kappa shape index (κ1) is 12.7. The summed E-state index contributed by atoms with van der Waals surface area (Å²) in [6.45, 7) is -0.607. The fourth-order valence-electron chi connectivity index (χ4n) is 1.81. The van der Waals surface area contributed by atoms with E-state index in [1.54, 1.807) is 0 Å². The molecule has 0 aliphatic heterocycles. The van der Waals surface area contributed by atoms with Crippen LogP contribution in [0.4, 0.5) is 13.2 Å². The highest BCUT2D eigenvalue weighted by Crippen LogP contribution is 2.30. The molecule has 0 heterocycles. The van der Waals surface area contributed by atoms with E-state index in [4.69, 9.17) is 0 Å². The normalized spacial score (nSPS) is 20.4. The Labute approximate surface area is 98.3 Å². The van der Waals surface area contributed by atoms with Crippen molar-refractivity contribution in [3.63, 3.8) is 0 Å². The minimum Gasteiger partial charge on any atom is -0.331 e. The van der Waals surface area contributed by atoms with Crippen molar-refractivity contribution in [1.29, 1.82) is 0 Å². The first-order valence-corrected chi connectivity index (χ1v) is 6.05. The predicted octanol–water partition coefficient (Wildman–Crippen LogP) is 1.68. The van der Waals surface area contributed by atoms with Gasteiger partial charge in [-0.2, -0.15) is 13.2 Å². The largest absolute Gasteiger partial charge is 0.406 e. The molecule has 0 aromatic carbocycles. The summed E-state index contributed by atoms with van der Waals surface area (Å²) in [5.41, 5.74) is 0. The van der Waals surface area contributed by atoms with E-state index >= 15 is 0 Å². The summed E-state index contributed by atoms with van der Waals surface area (Å²) < 4.78 is 36.9. The Morgan fingerprint density at radius 1 is 1.24 bits per heavy atom. The van der Waals surface area contributed by atoms with E-state index in [1.165, 1.54) is 0 Å². The molecule has 1 amide bonds. The molecule has 17 heavy (non-hydrogen) atoms. The lowest BCUT2D eigenvalue weighted by Gasteiger charge is -2.23. The molecule has 0 radical (unpaired) electrons. The molecule has 0 spiro atoms. The summed E-state index contributed by atoms with van der Waals surface area (Å²) in [5, 5.41) is 3.14. The van der Waals surface area contributed by atoms with Crippen LogP contribution >= 0.6 is 0 Å². The van der Waals surface area contributed by atoms with Gasteiger partial charge in [-0.1, -0.05) is 0 Å². The van der Waals surface area contributed by atoms with E-state index in [0.717, 1.165) is 17.7 Å². The van der Waals surface area contributed by atoms with E-state index in [1.807, 2.05) is 0 Å². The highest BCUT2D eigenvalue weighted by molar-refractivity contribution is 5.77. The maximum absolute atomic E-state index is 12.3. The van der Waals surface area contributed by atoms with Gasteiger partial charge in [-0.15, -0.1) is 0 Å². The quantitative estimate of drug-likeness (QED) is 0.778. The number of hydrogen-bond donors (Lipinski definition) is 1. The zero-order valence-corrected chi connectivity index (χ0v) is 9.59. The van der Waals surface area contributed by atoms with Crippen LogP contribution in [0.1, 0.15) is 32.1 Å². The molecule has 6 heteroatoms. The Morgan fingerprint density at radius 3 is 2.35 bits per heavy atom. The van der Waals surface area contributed by atoms with Crippen molar-refractivity contribution >= 4 is 5.91 Å². The first-order valence-electron chi connectivity index (χ1n) is 6.05. The average Bonchev–Trinajstić information content (AvgIpc) is 3.05. The third-order valence-electron chi connectivity index (χ3n) is 3.01. The summed E-state index contributed by atoms with van der Waals surface area (Å²) >= 11 is 0. The SMILES string of the molecule is O=C(CCNC1CC1)N(CC(F)(F)F)C1CC1. The number of halogens is 3. The second-order valence-corrected chi connectivity index (χ2v) is 4.85. The molecule has 2 aliphatic rings. The van der Waals surface area contributed by atoms with Crippen LogP contribution in [0.25, 0.3) is 0 Å². The second kappa shape index (κ2) is 4.84. The van der Waals surface area contributed by atoms with Crippen molar-refractivity contribution in [2.45, 2.75) is 50.4 Å². The lowest BCUT2D eigenvalue weighted by Crippen LogP contribution is -2.41. The van der Waals surface area contributed by atoms with Crippen molar-refractivity contribution in [3.8, 4) is 0 Å². The van der Waals surface area contributed by atoms with Crippen LogP contribution < -0.4 is 5.32 Å². The van der Waals surface area contributed by atoms with Gasteiger partial charge in [-0.25, -0.2) is 0 Å². The molecule has 98 valence electrons. The molecule has 0 unspecified atom stereocenters. The molecule has 0 bridgehead atoms. The second-order valence-electron chi connectivity index (χ2n) is 4.85. The van der Waals surface area contributed by atoms with Gasteiger partial charge in [0, 0.05) is 25.0 Å². The monoisotopic (exact) mass is 250 g/mol. The summed E-state index contributed by atoms with van der Waals surface area (Å²) in [4.78, 5) is 12.7. The molecule has 2 saturated carbocycles. The van der Waals surface area contributed by atoms with Crippen molar-refractivity contribution in [1.82, 2.24) is 10.2 Å². The molecule has 2 fully saturated rings. The number of nitrogens with zero attached hydrogens (tertiary/aromatic N) is 1. The van der Waals surface area contributed by atoms with Crippen LogP contribution in [0.3, 0.4) is 0 Å². The highest BCUT2D eigenvalue weighted by Gasteiger charge is 2.40. The molecule has 0 aromatic rings. The van der Waals surface area contributed by atoms with Crippen LogP contribution in [-0.4, -0.2) is 42.2 Å². The third-order valence-corrected chi connectivity index (χ3v) is 3.01. The molecule has 1 N–H and O–H groups in total. The number of carbonyl (C=O) groups is 1. The Bertz CT molecular complexity index is 285. The van der Waals surface area contributed by atoms with Crippen LogP contribution in [0.2, 0.25) is 0 Å². The number of amides is 1. The number of nitrogens with one attached hydrogen (secondary N) is 1. The molecular formula is C11H17F3N2O. The number of rotatable bonds is 6. The van der Waals surface area contributed by atoms with Crippen LogP contribution in [0.5, 0.6) is 0 Å². The van der Waals surface area contributed by atoms with Gasteiger partial charge in [-0.05, 0) is 25.7 Å². The Morgan fingerprint density at radius 2 is 1.88 bits per heavy atom. The zero-order chi connectivity index (χ0) is 12.5. The minimum atomic E-state index is -4.29. The molecule has 3 nitrogen and oxygen atoms in total. The van der Waals surface area contributed by atoms with Crippen molar-refractivity contribution in [3.05, 3.63) is 0 Å². The van der Waals surface area contributed by atoms with E-state index in [-0.39, 0.29) is 18.4 Å². The van der Waals surface area contributed by atoms with E-state index in [9.17, 15) is 18.0 Å². The summed E-state index contributed by atoms with van der Waals surface area (Å²) in [6, 6.07) is 0.310. The standard InChI is InChI=1S/C11H17F3N2O/c12-11(13,14)7-16(9-3-4-9)10(17)5-6-15-8-1-2-8/h8-9,15H,1-7H2. The van der Waals surface area contributed by atoms with Crippen molar-refractivity contribution in [2.75, 3.05) is 13.1 Å². The average molecular weight is 250 g/mol. The summed E-state index contributed by atoms with van der Waals surface area (Å²) in [5.74, 6) is -0.377. The van der Waals surface area contributed by atoms with E-state index < -0.39 is 12.7 Å². The van der Waals surface area contributed by atoms with Gasteiger partial charge in [0.2, 0.25) is 5.91 Å². The minimum absolute atomic E-state index is 0.170. The molecule has 0 aromatic heterocycles. The third kappa shape index (κ3) is 4.53. The summed E-state index contributed by atoms with van der Waals surface area (Å²) in [7, 11) is 0. The number of alkyl halides is 3. The van der Waals surface area contributed by atoms with Gasteiger partial charge in [0.1, 0.15) is 6.54 Å². The maximum Gasteiger partial charge on any atom is 0.406 e. The number of hydrogen-bond acceptors (Lipinski definition) is 2. The van der Waals surface area contributed by atoms with E-state index in [0.29, 0.717) is 25.4 Å². The Balaban J connectivity index is 1.75. The number of carbonyl (C=O) groups excluding carboxylic acids is 1. The molecular weight excluding hydrogens is 233 g/mol. The van der Waals surface area contributed by atoms with Crippen LogP contribution in [0.15, 0.2) is 0 Å². The van der Waals surface area contributed by atoms with Gasteiger partial charge in [0.25, 0.3) is 0 Å². The fraction of sp³-hybridized carbons (Fsp3) is 0.909. The topological polar surface area (TPSA) is 32.3 Å². The van der Waals surface area contributed by atoms with Crippen molar-refractivity contribution in [2.24, 2.45) is 0 Å². The molecule has 2 aliphatic carbocycles. The fourth-order valence-corrected chi connectivity index (χ4v) is 1.81. The Kier molecular flexibility index (Phi) is 3.61. The van der Waals surface area contributed by atoms with Gasteiger partial charge in [0.05, 0.1) is 0 Å². The van der Waals surface area contributed by atoms with Crippen LogP contribution in [0, 0.1) is 0 Å². The smallest absolute Gasteiger partial charge is 0.331 e. The van der Waals surface area contributed by atoms with Gasteiger partial charge in [-0.3, -0.25) is 4.79 Å². The van der Waals surface area contributed by atoms with Gasteiger partial charge < -0.3 is 10.2 Å². The highest BCUT2D eigenvalue weighted by atomic mass is 19.4. The predicted molar refractivity (Wildman–Crippen MR) is 56.4 cm³/mol. The van der Waals surface area contributed by atoms with E-state index in [2.05, 4.69) is 5.32 Å².